The Kier molecular flexibility index (Phi) is 6.21. The Labute approximate surface area is 220 Å². The van der Waals surface area contributed by atoms with E-state index in [0.717, 1.165) is 20.9 Å². The minimum absolute atomic E-state index is 0.0709. The van der Waals surface area contributed by atoms with Crippen molar-refractivity contribution in [2.75, 3.05) is 0 Å². The smallest absolute Gasteiger partial charge is 0.394 e. The first kappa shape index (κ1) is 24.1. The summed E-state index contributed by atoms with van der Waals surface area (Å²) in [5.74, 6) is -0.725. The van der Waals surface area contributed by atoms with E-state index in [1.165, 1.54) is 59.9 Å². The number of phosphoric acid groups is 1. The van der Waals surface area contributed by atoms with Gasteiger partial charge in [0.15, 0.2) is 0 Å². The summed E-state index contributed by atoms with van der Waals surface area (Å²) in [6.07, 6.45) is 3.27. The molecule has 184 valence electrons. The molecule has 9 heteroatoms. The molecular formula is C28H17F2O4PS2. The summed E-state index contributed by atoms with van der Waals surface area (Å²) in [5, 5.41) is 0. The summed E-state index contributed by atoms with van der Waals surface area (Å²) in [6.45, 7) is 0. The average molecular weight is 551 g/mol. The van der Waals surface area contributed by atoms with Gasteiger partial charge >= 0.3 is 7.82 Å². The molecule has 4 aromatic carbocycles. The van der Waals surface area contributed by atoms with Gasteiger partial charge in [0.05, 0.1) is 0 Å². The first-order valence-corrected chi connectivity index (χ1v) is 14.3. The molecule has 0 radical (unpaired) electrons. The van der Waals surface area contributed by atoms with E-state index < -0.39 is 19.5 Å². The number of phosphoric ester groups is 1. The third kappa shape index (κ3) is 4.98. The van der Waals surface area contributed by atoms with Crippen molar-refractivity contribution in [2.45, 2.75) is 19.6 Å². The van der Waals surface area contributed by atoms with Crippen molar-refractivity contribution in [2.24, 2.45) is 0 Å². The number of rotatable bonds is 4. The zero-order valence-corrected chi connectivity index (χ0v) is 21.5. The molecule has 0 spiro atoms. The largest absolute Gasteiger partial charge is 0.584 e. The SMILES string of the molecule is O=P(O)(OC1=Cc2ccccc2Sc2cc(F)ccc21)OC1=Cc2ccccc2Sc2cc(F)ccc21. The molecule has 4 nitrogen and oxygen atoms in total. The molecule has 2 aliphatic heterocycles. The Morgan fingerprint density at radius 1 is 0.622 bits per heavy atom. The Morgan fingerprint density at radius 3 is 1.51 bits per heavy atom. The molecule has 0 unspecified atom stereocenters. The van der Waals surface area contributed by atoms with Crippen LogP contribution in [0.15, 0.2) is 105 Å². The molecule has 37 heavy (non-hydrogen) atoms. The standard InChI is InChI=1S/C28H17F2O4PS2/c29-19-9-11-21-23(13-17-5-1-3-7-25(17)36-27(21)15-19)33-35(31,32)34-24-14-18-6-2-4-8-26(18)37-28-16-20(30)10-12-22(24)28/h1-16H,(H,31,32). The van der Waals surface area contributed by atoms with Gasteiger partial charge in [-0.25, -0.2) is 13.3 Å². The summed E-state index contributed by atoms with van der Waals surface area (Å²) >= 11 is 2.67. The fourth-order valence-corrected chi connectivity index (χ4v) is 7.04. The van der Waals surface area contributed by atoms with Gasteiger partial charge in [0, 0.05) is 30.7 Å². The van der Waals surface area contributed by atoms with Gasteiger partial charge in [0.1, 0.15) is 23.2 Å². The monoisotopic (exact) mass is 550 g/mol. The van der Waals surface area contributed by atoms with Gasteiger partial charge in [-0.3, -0.25) is 4.89 Å². The minimum Gasteiger partial charge on any atom is -0.394 e. The second-order valence-electron chi connectivity index (χ2n) is 8.23. The highest BCUT2D eigenvalue weighted by atomic mass is 32.2. The van der Waals surface area contributed by atoms with Crippen LogP contribution in [0.3, 0.4) is 0 Å². The maximum atomic E-state index is 14.1. The van der Waals surface area contributed by atoms with E-state index >= 15 is 0 Å². The first-order chi connectivity index (χ1) is 17.8. The van der Waals surface area contributed by atoms with Crippen LogP contribution >= 0.6 is 31.3 Å². The number of hydrogen-bond acceptors (Lipinski definition) is 5. The average Bonchev–Trinajstić information content (AvgIpc) is 3.09. The first-order valence-electron chi connectivity index (χ1n) is 11.1. The van der Waals surface area contributed by atoms with Crippen LogP contribution in [-0.4, -0.2) is 4.89 Å². The highest BCUT2D eigenvalue weighted by Crippen LogP contribution is 2.55. The van der Waals surface area contributed by atoms with Gasteiger partial charge < -0.3 is 9.05 Å². The predicted octanol–water partition coefficient (Wildman–Crippen LogP) is 8.72. The molecule has 0 atom stereocenters. The minimum atomic E-state index is -4.77. The fourth-order valence-electron chi connectivity index (χ4n) is 4.05. The fraction of sp³-hybridized carbons (Fsp3) is 0. The Morgan fingerprint density at radius 2 is 1.05 bits per heavy atom. The van der Waals surface area contributed by atoms with Crippen molar-refractivity contribution >= 4 is 55.0 Å². The quantitative estimate of drug-likeness (QED) is 0.257. The third-order valence-corrected chi connectivity index (χ3v) is 8.85. The lowest BCUT2D eigenvalue weighted by Gasteiger charge is -2.19. The van der Waals surface area contributed by atoms with Crippen LogP contribution in [0.4, 0.5) is 8.78 Å². The summed E-state index contributed by atoms with van der Waals surface area (Å²) < 4.78 is 52.8. The van der Waals surface area contributed by atoms with Crippen LogP contribution in [0.25, 0.3) is 23.7 Å². The molecule has 2 aliphatic rings. The molecule has 0 saturated carbocycles. The van der Waals surface area contributed by atoms with Crippen molar-refractivity contribution in [3.05, 3.63) is 119 Å². The van der Waals surface area contributed by atoms with Gasteiger partial charge in [-0.2, -0.15) is 0 Å². The van der Waals surface area contributed by atoms with Crippen LogP contribution in [0.1, 0.15) is 22.3 Å². The van der Waals surface area contributed by atoms with E-state index in [9.17, 15) is 18.2 Å². The van der Waals surface area contributed by atoms with Gasteiger partial charge in [0.2, 0.25) is 0 Å². The summed E-state index contributed by atoms with van der Waals surface area (Å²) in [5.41, 5.74) is 2.41. The van der Waals surface area contributed by atoms with Crippen LogP contribution in [0.5, 0.6) is 0 Å². The molecule has 0 aliphatic carbocycles. The number of halogens is 2. The zero-order chi connectivity index (χ0) is 25.6. The Bertz CT molecular complexity index is 1550. The van der Waals surface area contributed by atoms with Gasteiger partial charge in [-0.1, -0.05) is 59.9 Å². The third-order valence-electron chi connectivity index (χ3n) is 5.70. The lowest BCUT2D eigenvalue weighted by atomic mass is 10.1. The van der Waals surface area contributed by atoms with Crippen LogP contribution in [-0.2, 0) is 13.6 Å². The molecule has 0 aromatic heterocycles. The van der Waals surface area contributed by atoms with Crippen molar-refractivity contribution in [3.8, 4) is 0 Å². The zero-order valence-electron chi connectivity index (χ0n) is 18.9. The van der Waals surface area contributed by atoms with E-state index in [2.05, 4.69) is 0 Å². The predicted molar refractivity (Wildman–Crippen MR) is 142 cm³/mol. The molecule has 0 fully saturated rings. The highest BCUT2D eigenvalue weighted by Gasteiger charge is 2.32. The van der Waals surface area contributed by atoms with E-state index in [-0.39, 0.29) is 11.5 Å². The van der Waals surface area contributed by atoms with Crippen LogP contribution < -0.4 is 0 Å². The molecule has 0 bridgehead atoms. The lowest BCUT2D eigenvalue weighted by Crippen LogP contribution is -1.98. The van der Waals surface area contributed by atoms with Crippen molar-refractivity contribution in [3.63, 3.8) is 0 Å². The maximum absolute atomic E-state index is 14.1. The topological polar surface area (TPSA) is 55.8 Å². The maximum Gasteiger partial charge on any atom is 0.584 e. The molecule has 6 rings (SSSR count). The Hall–Kier alpha value is -3.29. The van der Waals surface area contributed by atoms with E-state index in [4.69, 9.17) is 9.05 Å². The number of hydrogen-bond donors (Lipinski definition) is 1. The highest BCUT2D eigenvalue weighted by molar-refractivity contribution is 7.99. The number of fused-ring (bicyclic) bond motifs is 4. The normalized spacial score (nSPS) is 14.0. The van der Waals surface area contributed by atoms with Gasteiger partial charge in [0.25, 0.3) is 0 Å². The van der Waals surface area contributed by atoms with Crippen molar-refractivity contribution in [1.29, 1.82) is 0 Å². The molecule has 1 N–H and O–H groups in total. The summed E-state index contributed by atoms with van der Waals surface area (Å²) in [4.78, 5) is 13.7. The summed E-state index contributed by atoms with van der Waals surface area (Å²) in [6, 6.07) is 23.1. The molecule has 0 saturated heterocycles. The van der Waals surface area contributed by atoms with E-state index in [0.29, 0.717) is 20.9 Å². The van der Waals surface area contributed by atoms with Crippen molar-refractivity contribution < 1.29 is 27.3 Å². The van der Waals surface area contributed by atoms with Gasteiger partial charge in [-0.15, -0.1) is 0 Å². The number of benzene rings is 4. The van der Waals surface area contributed by atoms with Crippen LogP contribution in [0.2, 0.25) is 0 Å². The van der Waals surface area contributed by atoms with Crippen LogP contribution in [0, 0.1) is 11.6 Å². The van der Waals surface area contributed by atoms with Crippen molar-refractivity contribution in [1.82, 2.24) is 0 Å². The second kappa shape index (κ2) is 9.54. The lowest BCUT2D eigenvalue weighted by molar-refractivity contribution is 0.264. The molecule has 2 heterocycles. The van der Waals surface area contributed by atoms with E-state index in [1.807, 2.05) is 48.5 Å². The van der Waals surface area contributed by atoms with Gasteiger partial charge in [-0.05, 0) is 71.8 Å². The Balaban J connectivity index is 1.40. The summed E-state index contributed by atoms with van der Waals surface area (Å²) in [7, 11) is -4.77. The van der Waals surface area contributed by atoms with E-state index in [1.54, 1.807) is 12.2 Å². The molecule has 0 amide bonds. The molecule has 4 aromatic rings. The second-order valence-corrected chi connectivity index (χ2v) is 11.7. The molecular weight excluding hydrogens is 533 g/mol.